The highest BCUT2D eigenvalue weighted by atomic mass is 16.5. The van der Waals surface area contributed by atoms with E-state index in [1.807, 2.05) is 24.3 Å². The average molecular weight is 258 g/mol. The first-order chi connectivity index (χ1) is 9.22. The van der Waals surface area contributed by atoms with Gasteiger partial charge in [0.25, 0.3) is 0 Å². The third-order valence-corrected chi connectivity index (χ3v) is 4.33. The van der Waals surface area contributed by atoms with Crippen LogP contribution in [0.25, 0.3) is 0 Å². The highest BCUT2D eigenvalue weighted by Gasteiger charge is 2.26. The first-order valence-corrected chi connectivity index (χ1v) is 7.53. The van der Waals surface area contributed by atoms with E-state index in [0.717, 1.165) is 42.9 Å². The van der Waals surface area contributed by atoms with Crippen molar-refractivity contribution in [1.82, 2.24) is 0 Å². The molecule has 0 bridgehead atoms. The maximum absolute atomic E-state index is 12.5. The number of carbonyl (C=O) groups is 1. The number of Topliss-reactive ketones (excluding diaryl/α,β-unsaturated/α-hetero) is 1. The maximum atomic E-state index is 12.5. The molecule has 3 rings (SSSR count). The van der Waals surface area contributed by atoms with Gasteiger partial charge in [0.15, 0.2) is 5.78 Å². The Kier molecular flexibility index (Phi) is 3.58. The summed E-state index contributed by atoms with van der Waals surface area (Å²) in [6, 6.07) is 7.76. The second kappa shape index (κ2) is 5.36. The van der Waals surface area contributed by atoms with Gasteiger partial charge in [-0.2, -0.15) is 0 Å². The van der Waals surface area contributed by atoms with Crippen molar-refractivity contribution in [3.05, 3.63) is 29.8 Å². The number of rotatable bonds is 4. The van der Waals surface area contributed by atoms with Gasteiger partial charge in [-0.25, -0.2) is 0 Å². The second-order valence-electron chi connectivity index (χ2n) is 6.17. The Morgan fingerprint density at radius 2 is 1.84 bits per heavy atom. The monoisotopic (exact) mass is 258 g/mol. The minimum Gasteiger partial charge on any atom is -0.490 e. The maximum Gasteiger partial charge on any atom is 0.166 e. The molecular weight excluding hydrogens is 236 g/mol. The van der Waals surface area contributed by atoms with Gasteiger partial charge in [-0.05, 0) is 43.7 Å². The molecule has 102 valence electrons. The number of hydrogen-bond donors (Lipinski definition) is 0. The van der Waals surface area contributed by atoms with Crippen LogP contribution in [0.1, 0.15) is 55.8 Å². The van der Waals surface area contributed by atoms with Gasteiger partial charge < -0.3 is 4.74 Å². The van der Waals surface area contributed by atoms with Gasteiger partial charge >= 0.3 is 0 Å². The molecule has 0 spiro atoms. The van der Waals surface area contributed by atoms with Crippen LogP contribution < -0.4 is 4.74 Å². The van der Waals surface area contributed by atoms with E-state index in [-0.39, 0.29) is 5.92 Å². The van der Waals surface area contributed by atoms with Crippen molar-refractivity contribution in [2.75, 3.05) is 0 Å². The largest absolute Gasteiger partial charge is 0.490 e. The molecule has 19 heavy (non-hydrogen) atoms. The lowest BCUT2D eigenvalue weighted by Crippen LogP contribution is -2.21. The zero-order chi connectivity index (χ0) is 13.2. The van der Waals surface area contributed by atoms with Gasteiger partial charge in [-0.1, -0.05) is 31.9 Å². The third kappa shape index (κ3) is 3.17. The Labute approximate surface area is 115 Å². The summed E-state index contributed by atoms with van der Waals surface area (Å²) in [5.74, 6) is 2.19. The van der Waals surface area contributed by atoms with E-state index in [9.17, 15) is 4.79 Å². The van der Waals surface area contributed by atoms with E-state index in [1.165, 1.54) is 12.8 Å². The SMILES string of the molecule is CC1CCC(C(=O)c2cccc(OC3CC3)c2)CC1. The normalized spacial score (nSPS) is 27.0. The molecule has 2 heteroatoms. The van der Waals surface area contributed by atoms with Gasteiger partial charge in [-0.3, -0.25) is 4.79 Å². The van der Waals surface area contributed by atoms with Gasteiger partial charge in [0.05, 0.1) is 6.10 Å². The van der Waals surface area contributed by atoms with Crippen LogP contribution in [0.2, 0.25) is 0 Å². The van der Waals surface area contributed by atoms with Crippen LogP contribution >= 0.6 is 0 Å². The zero-order valence-corrected chi connectivity index (χ0v) is 11.6. The van der Waals surface area contributed by atoms with Crippen LogP contribution in [-0.4, -0.2) is 11.9 Å². The van der Waals surface area contributed by atoms with Crippen molar-refractivity contribution >= 4 is 5.78 Å². The molecule has 0 aromatic heterocycles. The van der Waals surface area contributed by atoms with Gasteiger partial charge in [0.1, 0.15) is 5.75 Å². The molecule has 1 aromatic rings. The summed E-state index contributed by atoms with van der Waals surface area (Å²) in [7, 11) is 0. The molecule has 0 heterocycles. The molecule has 0 radical (unpaired) electrons. The predicted octanol–water partition coefficient (Wildman–Crippen LogP) is 4.24. The molecule has 2 nitrogen and oxygen atoms in total. The van der Waals surface area contributed by atoms with E-state index in [2.05, 4.69) is 6.92 Å². The summed E-state index contributed by atoms with van der Waals surface area (Å²) in [6.45, 7) is 2.28. The zero-order valence-electron chi connectivity index (χ0n) is 11.6. The Bertz CT molecular complexity index is 454. The second-order valence-corrected chi connectivity index (χ2v) is 6.17. The van der Waals surface area contributed by atoms with Gasteiger partial charge in [0.2, 0.25) is 0 Å². The van der Waals surface area contributed by atoms with Crippen LogP contribution in [0.5, 0.6) is 5.75 Å². The summed E-state index contributed by atoms with van der Waals surface area (Å²) in [5.41, 5.74) is 0.831. The lowest BCUT2D eigenvalue weighted by atomic mass is 9.79. The Hall–Kier alpha value is -1.31. The van der Waals surface area contributed by atoms with Crippen molar-refractivity contribution in [2.24, 2.45) is 11.8 Å². The molecule has 2 aliphatic rings. The number of ketones is 1. The van der Waals surface area contributed by atoms with Gasteiger partial charge in [0, 0.05) is 11.5 Å². The highest BCUT2D eigenvalue weighted by molar-refractivity contribution is 5.98. The number of benzene rings is 1. The molecule has 0 unspecified atom stereocenters. The smallest absolute Gasteiger partial charge is 0.166 e. The minimum absolute atomic E-state index is 0.229. The van der Waals surface area contributed by atoms with Gasteiger partial charge in [-0.15, -0.1) is 0 Å². The van der Waals surface area contributed by atoms with Crippen LogP contribution in [0.3, 0.4) is 0 Å². The van der Waals surface area contributed by atoms with Crippen molar-refractivity contribution in [2.45, 2.75) is 51.6 Å². The first-order valence-electron chi connectivity index (χ1n) is 7.53. The molecule has 0 aliphatic heterocycles. The van der Waals surface area contributed by atoms with E-state index < -0.39 is 0 Å². The van der Waals surface area contributed by atoms with Crippen LogP contribution in [-0.2, 0) is 0 Å². The third-order valence-electron chi connectivity index (χ3n) is 4.33. The van der Waals surface area contributed by atoms with Crippen molar-refractivity contribution in [1.29, 1.82) is 0 Å². The van der Waals surface area contributed by atoms with Crippen molar-refractivity contribution in [3.8, 4) is 5.75 Å². The topological polar surface area (TPSA) is 26.3 Å². The fourth-order valence-electron chi connectivity index (χ4n) is 2.86. The summed E-state index contributed by atoms with van der Waals surface area (Å²) in [5, 5.41) is 0. The molecule has 1 aromatic carbocycles. The molecule has 0 atom stereocenters. The Balaban J connectivity index is 1.68. The fraction of sp³-hybridized carbons (Fsp3) is 0.588. The average Bonchev–Trinajstić information content (AvgIpc) is 3.23. The van der Waals surface area contributed by atoms with Crippen molar-refractivity contribution in [3.63, 3.8) is 0 Å². The highest BCUT2D eigenvalue weighted by Crippen LogP contribution is 2.32. The Morgan fingerprint density at radius 1 is 1.11 bits per heavy atom. The molecule has 0 N–H and O–H groups in total. The molecular formula is C17H22O2. The molecule has 2 fully saturated rings. The lowest BCUT2D eigenvalue weighted by Gasteiger charge is -2.25. The number of carbonyl (C=O) groups excluding carboxylic acids is 1. The summed E-state index contributed by atoms with van der Waals surface area (Å²) in [4.78, 5) is 12.5. The summed E-state index contributed by atoms with van der Waals surface area (Å²) < 4.78 is 5.77. The van der Waals surface area contributed by atoms with Crippen molar-refractivity contribution < 1.29 is 9.53 Å². The van der Waals surface area contributed by atoms with E-state index in [0.29, 0.717) is 11.9 Å². The quantitative estimate of drug-likeness (QED) is 0.755. The Morgan fingerprint density at radius 3 is 2.53 bits per heavy atom. The minimum atomic E-state index is 0.229. The lowest BCUT2D eigenvalue weighted by molar-refractivity contribution is 0.0875. The standard InChI is InChI=1S/C17H22O2/c1-12-5-7-13(8-6-12)17(18)14-3-2-4-16(11-14)19-15-9-10-15/h2-4,11-13,15H,5-10H2,1H3. The first kappa shape index (κ1) is 12.7. The number of ether oxygens (including phenoxy) is 1. The molecule has 0 saturated heterocycles. The van der Waals surface area contributed by atoms with E-state index in [1.54, 1.807) is 0 Å². The molecule has 2 saturated carbocycles. The summed E-state index contributed by atoms with van der Waals surface area (Å²) in [6.07, 6.45) is 7.17. The number of hydrogen-bond acceptors (Lipinski definition) is 2. The van der Waals surface area contributed by atoms with Crippen LogP contribution in [0.4, 0.5) is 0 Å². The van der Waals surface area contributed by atoms with Crippen LogP contribution in [0, 0.1) is 11.8 Å². The molecule has 0 amide bonds. The van der Waals surface area contributed by atoms with Crippen LogP contribution in [0.15, 0.2) is 24.3 Å². The fourth-order valence-corrected chi connectivity index (χ4v) is 2.86. The van der Waals surface area contributed by atoms with E-state index in [4.69, 9.17) is 4.74 Å². The summed E-state index contributed by atoms with van der Waals surface area (Å²) >= 11 is 0. The van der Waals surface area contributed by atoms with E-state index >= 15 is 0 Å². The predicted molar refractivity (Wildman–Crippen MR) is 75.5 cm³/mol. The molecule has 2 aliphatic carbocycles.